The lowest BCUT2D eigenvalue weighted by Crippen LogP contribution is -2.39. The van der Waals surface area contributed by atoms with E-state index < -0.39 is 5.92 Å². The van der Waals surface area contributed by atoms with Crippen molar-refractivity contribution in [2.24, 2.45) is 5.92 Å². The van der Waals surface area contributed by atoms with Gasteiger partial charge in [-0.2, -0.15) is 0 Å². The first-order valence-electron chi connectivity index (χ1n) is 9.27. The lowest BCUT2D eigenvalue weighted by Gasteiger charge is -2.29. The number of para-hydroxylation sites is 1. The maximum absolute atomic E-state index is 12.7. The fourth-order valence-corrected chi connectivity index (χ4v) is 3.68. The molecule has 2 aromatic rings. The van der Waals surface area contributed by atoms with E-state index in [4.69, 9.17) is 16.3 Å². The largest absolute Gasteiger partial charge is 0.455 e. The number of carbonyl (C=O) groups is 2. The van der Waals surface area contributed by atoms with Crippen molar-refractivity contribution < 1.29 is 14.3 Å². The summed E-state index contributed by atoms with van der Waals surface area (Å²) in [6, 6.07) is 15.1. The summed E-state index contributed by atoms with van der Waals surface area (Å²) in [5.74, 6) is -0.951. The molecular formula is C22H24ClNO3. The van der Waals surface area contributed by atoms with Gasteiger partial charge in [0.2, 0.25) is 0 Å². The molecule has 3 rings (SSSR count). The molecule has 0 saturated carbocycles. The minimum Gasteiger partial charge on any atom is -0.455 e. The van der Waals surface area contributed by atoms with Crippen molar-refractivity contribution in [2.45, 2.75) is 32.6 Å². The summed E-state index contributed by atoms with van der Waals surface area (Å²) in [6.07, 6.45) is 1.88. The van der Waals surface area contributed by atoms with Crippen molar-refractivity contribution in [1.29, 1.82) is 0 Å². The summed E-state index contributed by atoms with van der Waals surface area (Å²) < 4.78 is 5.42. The Bertz CT molecular complexity index is 817. The molecule has 1 aliphatic heterocycles. The number of nitrogens with zero attached hydrogens (tertiary/aromatic N) is 1. The third-order valence-corrected chi connectivity index (χ3v) is 5.15. The average Bonchev–Trinajstić information content (AvgIpc) is 2.67. The van der Waals surface area contributed by atoms with Crippen molar-refractivity contribution >= 4 is 29.2 Å². The molecule has 4 nitrogen and oxygen atoms in total. The van der Waals surface area contributed by atoms with Crippen molar-refractivity contribution in [1.82, 2.24) is 0 Å². The van der Waals surface area contributed by atoms with E-state index in [-0.39, 0.29) is 24.4 Å². The van der Waals surface area contributed by atoms with Gasteiger partial charge < -0.3 is 9.64 Å². The molecule has 0 spiro atoms. The van der Waals surface area contributed by atoms with Crippen LogP contribution < -0.4 is 4.90 Å². The van der Waals surface area contributed by atoms with Crippen LogP contribution in [0.25, 0.3) is 0 Å². The average molecular weight is 386 g/mol. The Labute approximate surface area is 165 Å². The van der Waals surface area contributed by atoms with Crippen LogP contribution in [0.4, 0.5) is 5.69 Å². The molecule has 1 aliphatic rings. The topological polar surface area (TPSA) is 46.6 Å². The third kappa shape index (κ3) is 4.51. The molecule has 0 aromatic heterocycles. The van der Waals surface area contributed by atoms with Crippen LogP contribution in [-0.2, 0) is 20.7 Å². The molecule has 2 aromatic carbocycles. The highest BCUT2D eigenvalue weighted by Crippen LogP contribution is 2.28. The Kier molecular flexibility index (Phi) is 6.17. The first-order valence-corrected chi connectivity index (χ1v) is 9.65. The van der Waals surface area contributed by atoms with E-state index in [9.17, 15) is 9.59 Å². The summed E-state index contributed by atoms with van der Waals surface area (Å²) in [4.78, 5) is 27.1. The second kappa shape index (κ2) is 8.57. The highest BCUT2D eigenvalue weighted by atomic mass is 35.5. The van der Waals surface area contributed by atoms with Crippen LogP contribution >= 0.6 is 11.6 Å². The number of ether oxygens (including phenoxy) is 1. The summed E-state index contributed by atoms with van der Waals surface area (Å²) in [5.41, 5.74) is 2.92. The Morgan fingerprint density at radius 2 is 1.81 bits per heavy atom. The maximum atomic E-state index is 12.7. The molecular weight excluding hydrogens is 362 g/mol. The van der Waals surface area contributed by atoms with Gasteiger partial charge in [0.05, 0.1) is 5.92 Å². The summed E-state index contributed by atoms with van der Waals surface area (Å²) in [6.45, 7) is 4.33. The van der Waals surface area contributed by atoms with Gasteiger partial charge in [0.15, 0.2) is 6.61 Å². The zero-order valence-electron chi connectivity index (χ0n) is 15.7. The first kappa shape index (κ1) is 19.4. The Morgan fingerprint density at radius 1 is 1.11 bits per heavy atom. The van der Waals surface area contributed by atoms with E-state index in [1.54, 1.807) is 17.0 Å². The number of rotatable bonds is 5. The second-order valence-electron chi connectivity index (χ2n) is 7.16. The predicted octanol–water partition coefficient (Wildman–Crippen LogP) is 4.60. The lowest BCUT2D eigenvalue weighted by molar-refractivity contribution is -0.150. The Hall–Kier alpha value is -2.33. The van der Waals surface area contributed by atoms with Gasteiger partial charge >= 0.3 is 5.97 Å². The number of hydrogen-bond acceptors (Lipinski definition) is 3. The number of anilines is 1. The number of esters is 1. The molecule has 5 heteroatoms. The number of benzene rings is 2. The van der Waals surface area contributed by atoms with Gasteiger partial charge in [-0.15, -0.1) is 0 Å². The molecule has 1 amide bonds. The van der Waals surface area contributed by atoms with Gasteiger partial charge in [-0.05, 0) is 48.1 Å². The van der Waals surface area contributed by atoms with Crippen LogP contribution in [0.3, 0.4) is 0 Å². The van der Waals surface area contributed by atoms with Crippen molar-refractivity contribution in [3.63, 3.8) is 0 Å². The number of hydrogen-bond donors (Lipinski definition) is 0. The van der Waals surface area contributed by atoms with Crippen molar-refractivity contribution in [3.05, 3.63) is 64.7 Å². The number of carbonyl (C=O) groups excluding carboxylic acids is 2. The highest BCUT2D eigenvalue weighted by Gasteiger charge is 2.28. The summed E-state index contributed by atoms with van der Waals surface area (Å²) in [5, 5.41) is 0.619. The molecule has 1 atom stereocenters. The number of amides is 1. The van der Waals surface area contributed by atoms with Crippen molar-refractivity contribution in [2.75, 3.05) is 18.1 Å². The van der Waals surface area contributed by atoms with Crippen LogP contribution in [0.5, 0.6) is 0 Å². The quantitative estimate of drug-likeness (QED) is 0.706. The van der Waals surface area contributed by atoms with Crippen LogP contribution in [0.2, 0.25) is 5.02 Å². The van der Waals surface area contributed by atoms with E-state index in [0.717, 1.165) is 29.7 Å². The summed E-state index contributed by atoms with van der Waals surface area (Å²) >= 11 is 5.94. The number of fused-ring (bicyclic) bond motifs is 1. The SMILES string of the molecule is CC(C)[C@@H](C(=O)OCC(=O)N1CCCc2ccccc21)c1ccc(Cl)cc1. The van der Waals surface area contributed by atoms with Crippen LogP contribution in [0, 0.1) is 5.92 Å². The monoisotopic (exact) mass is 385 g/mol. The van der Waals surface area contributed by atoms with E-state index in [1.165, 1.54) is 0 Å². The third-order valence-electron chi connectivity index (χ3n) is 4.90. The number of aryl methyl sites for hydroxylation is 1. The zero-order valence-corrected chi connectivity index (χ0v) is 16.4. The van der Waals surface area contributed by atoms with Gasteiger partial charge in [-0.1, -0.05) is 55.8 Å². The summed E-state index contributed by atoms with van der Waals surface area (Å²) in [7, 11) is 0. The standard InChI is InChI=1S/C22H24ClNO3/c1-15(2)21(17-9-11-18(23)12-10-17)22(26)27-14-20(25)24-13-5-7-16-6-3-4-8-19(16)24/h3-4,6,8-12,15,21H,5,7,13-14H2,1-2H3/t21-/m1/s1. The first-order chi connectivity index (χ1) is 13.0. The van der Waals surface area contributed by atoms with Gasteiger partial charge in [0.1, 0.15) is 0 Å². The van der Waals surface area contributed by atoms with Crippen LogP contribution in [-0.4, -0.2) is 25.0 Å². The molecule has 0 fully saturated rings. The normalized spacial score (nSPS) is 14.6. The molecule has 0 aliphatic carbocycles. The van der Waals surface area contributed by atoms with E-state index >= 15 is 0 Å². The molecule has 0 saturated heterocycles. The molecule has 1 heterocycles. The van der Waals surface area contributed by atoms with Gasteiger partial charge in [0, 0.05) is 17.3 Å². The van der Waals surface area contributed by atoms with Crippen LogP contribution in [0.1, 0.15) is 37.3 Å². The molecule has 0 bridgehead atoms. The molecule has 0 radical (unpaired) electrons. The number of halogens is 1. The van der Waals surface area contributed by atoms with Gasteiger partial charge in [-0.3, -0.25) is 9.59 Å². The minimum absolute atomic E-state index is 0.0458. The highest BCUT2D eigenvalue weighted by molar-refractivity contribution is 6.30. The predicted molar refractivity (Wildman–Crippen MR) is 107 cm³/mol. The van der Waals surface area contributed by atoms with E-state index in [0.29, 0.717) is 11.6 Å². The molecule has 0 N–H and O–H groups in total. The fourth-order valence-electron chi connectivity index (χ4n) is 3.56. The fraction of sp³-hybridized carbons (Fsp3) is 0.364. The zero-order chi connectivity index (χ0) is 19.4. The lowest BCUT2D eigenvalue weighted by atomic mass is 9.88. The molecule has 0 unspecified atom stereocenters. The molecule has 142 valence electrons. The van der Waals surface area contributed by atoms with Crippen molar-refractivity contribution in [3.8, 4) is 0 Å². The van der Waals surface area contributed by atoms with Crippen LogP contribution in [0.15, 0.2) is 48.5 Å². The Balaban J connectivity index is 1.67. The molecule has 27 heavy (non-hydrogen) atoms. The van der Waals surface area contributed by atoms with Gasteiger partial charge in [-0.25, -0.2) is 0 Å². The van der Waals surface area contributed by atoms with E-state index in [1.807, 2.05) is 50.2 Å². The Morgan fingerprint density at radius 3 is 2.52 bits per heavy atom. The van der Waals surface area contributed by atoms with Gasteiger partial charge in [0.25, 0.3) is 5.91 Å². The minimum atomic E-state index is -0.427. The maximum Gasteiger partial charge on any atom is 0.314 e. The second-order valence-corrected chi connectivity index (χ2v) is 7.60. The smallest absolute Gasteiger partial charge is 0.314 e. The van der Waals surface area contributed by atoms with E-state index in [2.05, 4.69) is 0 Å².